The molecule has 0 unspecified atom stereocenters. The average Bonchev–Trinajstić information content (AvgIpc) is 3.15. The summed E-state index contributed by atoms with van der Waals surface area (Å²) in [5.74, 6) is 1.92. The van der Waals surface area contributed by atoms with Gasteiger partial charge in [-0.2, -0.15) is 4.98 Å². The maximum Gasteiger partial charge on any atom is 0.248 e. The molecular weight excluding hydrogens is 282 g/mol. The van der Waals surface area contributed by atoms with Crippen molar-refractivity contribution in [3.8, 4) is 17.0 Å². The van der Waals surface area contributed by atoms with E-state index in [1.54, 1.807) is 11.6 Å². The Kier molecular flexibility index (Phi) is 4.13. The normalized spacial score (nSPS) is 10.8. The van der Waals surface area contributed by atoms with Crippen molar-refractivity contribution in [3.63, 3.8) is 0 Å². The number of para-hydroxylation sites is 1. The first-order valence-electron chi connectivity index (χ1n) is 7.18. The van der Waals surface area contributed by atoms with Gasteiger partial charge in [-0.25, -0.2) is 4.68 Å². The minimum absolute atomic E-state index is 0.395. The minimum Gasteiger partial charge on any atom is -0.493 e. The quantitative estimate of drug-likeness (QED) is 0.695. The Balaban J connectivity index is 1.81. The van der Waals surface area contributed by atoms with Crippen molar-refractivity contribution in [1.29, 1.82) is 0 Å². The maximum absolute atomic E-state index is 5.75. The van der Waals surface area contributed by atoms with Gasteiger partial charge in [-0.3, -0.25) is 0 Å². The lowest BCUT2D eigenvalue weighted by atomic mass is 10.1. The number of benzene rings is 1. The summed E-state index contributed by atoms with van der Waals surface area (Å²) < 4.78 is 12.5. The smallest absolute Gasteiger partial charge is 0.248 e. The second-order valence-corrected chi connectivity index (χ2v) is 4.88. The van der Waals surface area contributed by atoms with E-state index in [1.807, 2.05) is 30.5 Å². The highest BCUT2D eigenvalue weighted by molar-refractivity contribution is 5.66. The lowest BCUT2D eigenvalue weighted by Crippen LogP contribution is -2.00. The molecule has 22 heavy (non-hydrogen) atoms. The molecule has 0 amide bonds. The summed E-state index contributed by atoms with van der Waals surface area (Å²) in [6, 6.07) is 7.80. The van der Waals surface area contributed by atoms with E-state index in [0.717, 1.165) is 23.4 Å². The first-order chi connectivity index (χ1) is 10.8. The van der Waals surface area contributed by atoms with Crippen LogP contribution in [0, 0.1) is 6.92 Å². The van der Waals surface area contributed by atoms with Crippen LogP contribution in [0.15, 0.2) is 35.0 Å². The molecule has 0 fully saturated rings. The van der Waals surface area contributed by atoms with Crippen molar-refractivity contribution in [2.75, 3.05) is 6.61 Å². The average molecular weight is 299 g/mol. The predicted molar refractivity (Wildman–Crippen MR) is 79.4 cm³/mol. The Morgan fingerprint density at radius 2 is 2.14 bits per heavy atom. The molecule has 1 aromatic carbocycles. The molecule has 0 atom stereocenters. The van der Waals surface area contributed by atoms with E-state index < -0.39 is 0 Å². The molecule has 0 aliphatic carbocycles. The molecule has 0 bridgehead atoms. The maximum atomic E-state index is 5.75. The van der Waals surface area contributed by atoms with Crippen LogP contribution in [0.5, 0.6) is 5.75 Å². The van der Waals surface area contributed by atoms with E-state index in [2.05, 4.69) is 27.4 Å². The zero-order valence-corrected chi connectivity index (χ0v) is 12.6. The van der Waals surface area contributed by atoms with Crippen molar-refractivity contribution in [3.05, 3.63) is 42.2 Å². The number of hydrogen-bond donors (Lipinski definition) is 0. The zero-order chi connectivity index (χ0) is 15.4. The first kappa shape index (κ1) is 14.2. The van der Waals surface area contributed by atoms with Gasteiger partial charge in [0.2, 0.25) is 5.89 Å². The zero-order valence-electron chi connectivity index (χ0n) is 12.6. The van der Waals surface area contributed by atoms with E-state index in [9.17, 15) is 0 Å². The second kappa shape index (κ2) is 6.38. The summed E-state index contributed by atoms with van der Waals surface area (Å²) in [7, 11) is 0. The van der Waals surface area contributed by atoms with Crippen molar-refractivity contribution < 1.29 is 9.26 Å². The Bertz CT molecular complexity index is 750. The van der Waals surface area contributed by atoms with Crippen LogP contribution in [-0.4, -0.2) is 31.7 Å². The summed E-state index contributed by atoms with van der Waals surface area (Å²) in [5, 5.41) is 12.1. The van der Waals surface area contributed by atoms with E-state index >= 15 is 0 Å². The fourth-order valence-corrected chi connectivity index (χ4v) is 2.06. The van der Waals surface area contributed by atoms with Gasteiger partial charge in [0, 0.05) is 5.56 Å². The molecular formula is C15H17N5O2. The van der Waals surface area contributed by atoms with Gasteiger partial charge in [-0.05, 0) is 25.5 Å². The fraction of sp³-hybridized carbons (Fsp3) is 0.333. The van der Waals surface area contributed by atoms with Gasteiger partial charge in [-0.15, -0.1) is 5.10 Å². The van der Waals surface area contributed by atoms with E-state index in [4.69, 9.17) is 9.26 Å². The van der Waals surface area contributed by atoms with Gasteiger partial charge in [-0.1, -0.05) is 29.4 Å². The number of aromatic nitrogens is 5. The van der Waals surface area contributed by atoms with Gasteiger partial charge < -0.3 is 9.26 Å². The molecule has 0 spiro atoms. The second-order valence-electron chi connectivity index (χ2n) is 4.88. The molecule has 0 saturated heterocycles. The van der Waals surface area contributed by atoms with Gasteiger partial charge in [0.1, 0.15) is 18.0 Å². The van der Waals surface area contributed by atoms with Crippen LogP contribution in [0.4, 0.5) is 0 Å². The monoisotopic (exact) mass is 299 g/mol. The Hall–Kier alpha value is -2.70. The van der Waals surface area contributed by atoms with E-state index in [1.165, 1.54) is 0 Å². The summed E-state index contributed by atoms with van der Waals surface area (Å²) >= 11 is 0. The van der Waals surface area contributed by atoms with E-state index in [0.29, 0.717) is 24.9 Å². The molecule has 3 aromatic rings. The molecule has 0 aliphatic heterocycles. The summed E-state index contributed by atoms with van der Waals surface area (Å²) in [6.07, 6.45) is 2.80. The molecule has 0 saturated carbocycles. The van der Waals surface area contributed by atoms with Crippen LogP contribution >= 0.6 is 0 Å². The van der Waals surface area contributed by atoms with Crippen LogP contribution < -0.4 is 4.74 Å². The van der Waals surface area contributed by atoms with Gasteiger partial charge in [0.05, 0.1) is 12.8 Å². The Morgan fingerprint density at radius 1 is 1.27 bits per heavy atom. The van der Waals surface area contributed by atoms with Crippen LogP contribution in [0.2, 0.25) is 0 Å². The molecule has 7 heteroatoms. The van der Waals surface area contributed by atoms with Gasteiger partial charge in [0.25, 0.3) is 0 Å². The highest BCUT2D eigenvalue weighted by Gasteiger charge is 2.11. The van der Waals surface area contributed by atoms with Gasteiger partial charge >= 0.3 is 0 Å². The lowest BCUT2D eigenvalue weighted by Gasteiger charge is -2.08. The summed E-state index contributed by atoms with van der Waals surface area (Å²) in [4.78, 5) is 4.15. The van der Waals surface area contributed by atoms with E-state index in [-0.39, 0.29) is 0 Å². The fourth-order valence-electron chi connectivity index (χ4n) is 2.06. The molecule has 0 aliphatic rings. The van der Waals surface area contributed by atoms with Crippen molar-refractivity contribution >= 4 is 0 Å². The Morgan fingerprint density at radius 3 is 2.91 bits per heavy atom. The predicted octanol–water partition coefficient (Wildman–Crippen LogP) is 2.47. The third kappa shape index (κ3) is 3.13. The largest absolute Gasteiger partial charge is 0.493 e. The highest BCUT2D eigenvalue weighted by Crippen LogP contribution is 2.28. The molecule has 2 heterocycles. The number of hydrogen-bond acceptors (Lipinski definition) is 6. The standard InChI is InChI=1S/C15H17N5O2/c1-3-8-21-14-7-5-4-6-12(14)13-9-20(19-17-13)10-15-16-11(2)18-22-15/h4-7,9H,3,8,10H2,1-2H3. The number of ether oxygens (including phenoxy) is 1. The number of nitrogens with zero attached hydrogens (tertiary/aromatic N) is 5. The summed E-state index contributed by atoms with van der Waals surface area (Å²) in [5.41, 5.74) is 1.67. The topological polar surface area (TPSA) is 78.9 Å². The van der Waals surface area contributed by atoms with Gasteiger partial charge in [0.15, 0.2) is 5.82 Å². The third-order valence-electron chi connectivity index (χ3n) is 3.03. The minimum atomic E-state index is 0.395. The molecule has 114 valence electrons. The summed E-state index contributed by atoms with van der Waals surface area (Å²) in [6.45, 7) is 4.92. The molecule has 0 N–H and O–H groups in total. The van der Waals surface area contributed by atoms with Crippen LogP contribution in [0.3, 0.4) is 0 Å². The van der Waals surface area contributed by atoms with Crippen LogP contribution in [0.25, 0.3) is 11.3 Å². The van der Waals surface area contributed by atoms with Crippen LogP contribution in [-0.2, 0) is 6.54 Å². The SMILES string of the molecule is CCCOc1ccccc1-c1cn(Cc2nc(C)no2)nn1. The highest BCUT2D eigenvalue weighted by atomic mass is 16.5. The van der Waals surface area contributed by atoms with Crippen LogP contribution in [0.1, 0.15) is 25.1 Å². The molecule has 7 nitrogen and oxygen atoms in total. The lowest BCUT2D eigenvalue weighted by molar-refractivity contribution is 0.318. The first-order valence-corrected chi connectivity index (χ1v) is 7.18. The van der Waals surface area contributed by atoms with Crippen molar-refractivity contribution in [2.24, 2.45) is 0 Å². The van der Waals surface area contributed by atoms with Crippen molar-refractivity contribution in [2.45, 2.75) is 26.8 Å². The molecule has 2 aromatic heterocycles. The number of aryl methyl sites for hydroxylation is 1. The van der Waals surface area contributed by atoms with Crippen molar-refractivity contribution in [1.82, 2.24) is 25.1 Å². The number of rotatable bonds is 6. The Labute approximate surface area is 127 Å². The third-order valence-corrected chi connectivity index (χ3v) is 3.03. The molecule has 3 rings (SSSR count). The molecule has 0 radical (unpaired) electrons.